The van der Waals surface area contributed by atoms with E-state index in [2.05, 4.69) is 9.97 Å². The number of Topliss-reactive ketones (excluding diaryl/α,β-unsaturated/α-hetero) is 2. The number of rotatable bonds is 4. The number of aryl methyl sites for hydroxylation is 1. The number of amides is 1. The van der Waals surface area contributed by atoms with Crippen molar-refractivity contribution in [2.24, 2.45) is 0 Å². The van der Waals surface area contributed by atoms with Crippen molar-refractivity contribution in [2.75, 3.05) is 4.90 Å². The molecule has 1 unspecified atom stereocenters. The molecule has 4 rings (SSSR count). The highest BCUT2D eigenvalue weighted by Gasteiger charge is 2.48. The van der Waals surface area contributed by atoms with Gasteiger partial charge in [0.2, 0.25) is 0 Å². The van der Waals surface area contributed by atoms with Crippen molar-refractivity contribution < 1.29 is 24.6 Å². The minimum atomic E-state index is -0.987. The predicted molar refractivity (Wildman–Crippen MR) is 114 cm³/mol. The Labute approximate surface area is 181 Å². The van der Waals surface area contributed by atoms with Gasteiger partial charge in [0.05, 0.1) is 22.2 Å². The number of aliphatic hydroxyl groups is 1. The van der Waals surface area contributed by atoms with Gasteiger partial charge in [-0.3, -0.25) is 24.3 Å². The lowest BCUT2D eigenvalue weighted by molar-refractivity contribution is -0.132. The highest BCUT2D eigenvalue weighted by Crippen LogP contribution is 2.44. The van der Waals surface area contributed by atoms with E-state index in [4.69, 9.17) is 0 Å². The highest BCUT2D eigenvalue weighted by atomic mass is 32.1. The van der Waals surface area contributed by atoms with E-state index in [1.165, 1.54) is 48.5 Å². The number of nitrogens with zero attached hydrogens (tertiary/aromatic N) is 3. The minimum Gasteiger partial charge on any atom is -0.508 e. The van der Waals surface area contributed by atoms with E-state index in [0.717, 1.165) is 11.3 Å². The van der Waals surface area contributed by atoms with Crippen molar-refractivity contribution in [3.63, 3.8) is 0 Å². The molecule has 9 heteroatoms. The Bertz CT molecular complexity index is 1230. The first-order valence-corrected chi connectivity index (χ1v) is 10.1. The average Bonchev–Trinajstić information content (AvgIpc) is 3.26. The number of aliphatic hydroxyl groups excluding tert-OH is 1. The third kappa shape index (κ3) is 3.49. The van der Waals surface area contributed by atoms with Crippen LogP contribution in [0.1, 0.15) is 39.5 Å². The van der Waals surface area contributed by atoms with Crippen LogP contribution in [0.5, 0.6) is 5.75 Å². The summed E-state index contributed by atoms with van der Waals surface area (Å²) >= 11 is 1.01. The van der Waals surface area contributed by atoms with Gasteiger partial charge < -0.3 is 10.2 Å². The topological polar surface area (TPSA) is 121 Å². The van der Waals surface area contributed by atoms with Crippen LogP contribution in [0.4, 0.5) is 5.13 Å². The fourth-order valence-corrected chi connectivity index (χ4v) is 4.47. The molecule has 1 fully saturated rings. The van der Waals surface area contributed by atoms with Crippen molar-refractivity contribution in [3.05, 3.63) is 76.1 Å². The number of thiazole rings is 1. The molecule has 1 aliphatic rings. The Morgan fingerprint density at radius 3 is 2.32 bits per heavy atom. The van der Waals surface area contributed by atoms with E-state index in [-0.39, 0.29) is 28.0 Å². The Hall–Kier alpha value is -3.85. The number of pyridine rings is 1. The molecular weight excluding hydrogens is 418 g/mol. The summed E-state index contributed by atoms with van der Waals surface area (Å²) in [4.78, 5) is 47.8. The van der Waals surface area contributed by atoms with Crippen LogP contribution in [-0.2, 0) is 9.59 Å². The molecule has 156 valence electrons. The van der Waals surface area contributed by atoms with E-state index in [1.54, 1.807) is 19.1 Å². The van der Waals surface area contributed by atoms with E-state index < -0.39 is 17.7 Å². The lowest BCUT2D eigenvalue weighted by Gasteiger charge is -2.23. The number of anilines is 1. The van der Waals surface area contributed by atoms with Gasteiger partial charge in [-0.1, -0.05) is 23.5 Å². The van der Waals surface area contributed by atoms with Gasteiger partial charge in [-0.05, 0) is 36.8 Å². The van der Waals surface area contributed by atoms with Crippen LogP contribution in [0, 0.1) is 6.92 Å². The van der Waals surface area contributed by atoms with Gasteiger partial charge in [0.25, 0.3) is 5.78 Å². The number of benzene rings is 1. The Balaban J connectivity index is 1.95. The highest BCUT2D eigenvalue weighted by molar-refractivity contribution is 7.18. The van der Waals surface area contributed by atoms with Gasteiger partial charge in [0.1, 0.15) is 11.5 Å². The molecule has 0 bridgehead atoms. The van der Waals surface area contributed by atoms with Crippen molar-refractivity contribution in [1.82, 2.24) is 9.97 Å². The zero-order valence-corrected chi connectivity index (χ0v) is 17.4. The largest absolute Gasteiger partial charge is 0.508 e. The molecule has 3 heterocycles. The number of aromatic hydroxyl groups is 1. The minimum absolute atomic E-state index is 0.0128. The number of phenolic OH excluding ortho intramolecular Hbond substituents is 1. The first-order valence-electron chi connectivity index (χ1n) is 9.28. The predicted octanol–water partition coefficient (Wildman–Crippen LogP) is 3.38. The first kappa shape index (κ1) is 20.4. The summed E-state index contributed by atoms with van der Waals surface area (Å²) in [5, 5.41) is 20.8. The SMILES string of the molecule is CC(=O)c1sc(N2C(=O)C(=O)/C(=C(/O)c3ccncc3)C2c2ccc(O)cc2)nc1C. The average molecular weight is 435 g/mol. The summed E-state index contributed by atoms with van der Waals surface area (Å²) in [6, 6.07) is 8.04. The second-order valence-electron chi connectivity index (χ2n) is 6.96. The van der Waals surface area contributed by atoms with E-state index in [1.807, 2.05) is 0 Å². The Kier molecular flexibility index (Phi) is 5.12. The van der Waals surface area contributed by atoms with Gasteiger partial charge in [-0.15, -0.1) is 0 Å². The number of hydrogen-bond acceptors (Lipinski definition) is 8. The van der Waals surface area contributed by atoms with Crippen molar-refractivity contribution in [2.45, 2.75) is 19.9 Å². The lowest BCUT2D eigenvalue weighted by atomic mass is 9.95. The lowest BCUT2D eigenvalue weighted by Crippen LogP contribution is -2.29. The second kappa shape index (κ2) is 7.77. The quantitative estimate of drug-likeness (QED) is 0.279. The van der Waals surface area contributed by atoms with Gasteiger partial charge in [0.15, 0.2) is 10.9 Å². The van der Waals surface area contributed by atoms with Crippen LogP contribution in [-0.4, -0.2) is 37.7 Å². The second-order valence-corrected chi connectivity index (χ2v) is 7.94. The van der Waals surface area contributed by atoms with E-state index in [0.29, 0.717) is 21.7 Å². The zero-order chi connectivity index (χ0) is 22.3. The summed E-state index contributed by atoms with van der Waals surface area (Å²) < 4.78 is 0. The molecule has 31 heavy (non-hydrogen) atoms. The monoisotopic (exact) mass is 435 g/mol. The fourth-order valence-electron chi connectivity index (χ4n) is 3.48. The van der Waals surface area contributed by atoms with Crippen molar-refractivity contribution in [1.29, 1.82) is 0 Å². The maximum atomic E-state index is 13.0. The molecule has 0 saturated carbocycles. The summed E-state index contributed by atoms with van der Waals surface area (Å²) in [5.74, 6) is -2.27. The number of carbonyl (C=O) groups excluding carboxylic acids is 3. The maximum absolute atomic E-state index is 13.0. The van der Waals surface area contributed by atoms with Crippen molar-refractivity contribution >= 4 is 39.7 Å². The Morgan fingerprint density at radius 2 is 1.74 bits per heavy atom. The van der Waals surface area contributed by atoms with E-state index >= 15 is 0 Å². The standard InChI is InChI=1S/C22H17N3O5S/c1-11-20(12(2)26)31-22(24-11)25-17(13-3-5-15(27)6-4-13)16(19(29)21(25)30)18(28)14-7-9-23-10-8-14/h3-10,17,27-28H,1-2H3/b18-16+. The summed E-state index contributed by atoms with van der Waals surface area (Å²) in [6.45, 7) is 3.05. The molecule has 3 aromatic rings. The number of aromatic nitrogens is 2. The summed E-state index contributed by atoms with van der Waals surface area (Å²) in [6.07, 6.45) is 2.92. The van der Waals surface area contributed by atoms with Crippen LogP contribution in [0.25, 0.3) is 5.76 Å². The maximum Gasteiger partial charge on any atom is 0.301 e. The molecule has 1 amide bonds. The van der Waals surface area contributed by atoms with Gasteiger partial charge in [-0.25, -0.2) is 4.98 Å². The number of ketones is 2. The molecule has 8 nitrogen and oxygen atoms in total. The molecule has 1 atom stereocenters. The van der Waals surface area contributed by atoms with Gasteiger partial charge >= 0.3 is 5.91 Å². The summed E-state index contributed by atoms with van der Waals surface area (Å²) in [7, 11) is 0. The molecule has 0 spiro atoms. The van der Waals surface area contributed by atoms with Crippen molar-refractivity contribution in [3.8, 4) is 5.75 Å². The fraction of sp³-hybridized carbons (Fsp3) is 0.136. The first-order chi connectivity index (χ1) is 14.8. The molecule has 1 aliphatic heterocycles. The third-order valence-corrected chi connectivity index (χ3v) is 6.18. The van der Waals surface area contributed by atoms with Crippen LogP contribution in [0.3, 0.4) is 0 Å². The summed E-state index contributed by atoms with van der Waals surface area (Å²) in [5.41, 5.74) is 1.16. The number of hydrogen-bond donors (Lipinski definition) is 2. The Morgan fingerprint density at radius 1 is 1.10 bits per heavy atom. The number of carbonyl (C=O) groups is 3. The molecule has 0 radical (unpaired) electrons. The molecule has 0 aliphatic carbocycles. The molecule has 1 aromatic carbocycles. The number of phenols is 1. The zero-order valence-electron chi connectivity index (χ0n) is 16.6. The van der Waals surface area contributed by atoms with Gasteiger partial charge in [0, 0.05) is 24.9 Å². The van der Waals surface area contributed by atoms with Crippen LogP contribution in [0.2, 0.25) is 0 Å². The van der Waals surface area contributed by atoms with E-state index in [9.17, 15) is 24.6 Å². The smallest absolute Gasteiger partial charge is 0.301 e. The molecular formula is C22H17N3O5S. The van der Waals surface area contributed by atoms with Gasteiger partial charge in [-0.2, -0.15) is 0 Å². The third-order valence-electron chi connectivity index (χ3n) is 4.92. The molecule has 2 aromatic heterocycles. The van der Waals surface area contributed by atoms with Crippen LogP contribution >= 0.6 is 11.3 Å². The molecule has 2 N–H and O–H groups in total. The molecule has 1 saturated heterocycles. The van der Waals surface area contributed by atoms with Crippen LogP contribution < -0.4 is 4.90 Å². The van der Waals surface area contributed by atoms with Crippen LogP contribution in [0.15, 0.2) is 54.4 Å². The normalized spacial score (nSPS) is 17.9.